The van der Waals surface area contributed by atoms with Gasteiger partial charge in [0.25, 0.3) is 5.22 Å². The summed E-state index contributed by atoms with van der Waals surface area (Å²) in [6.45, 7) is 3.83. The molecular formula is C13H16ClN3OS. The summed E-state index contributed by atoms with van der Waals surface area (Å²) in [4.78, 5) is 1.01. The molecule has 4 nitrogen and oxygen atoms in total. The lowest BCUT2D eigenvalue weighted by Crippen LogP contribution is -2.21. The molecule has 1 atom stereocenters. The van der Waals surface area contributed by atoms with E-state index in [9.17, 15) is 0 Å². The fourth-order valence-corrected chi connectivity index (χ4v) is 2.86. The number of hydrogen-bond acceptors (Lipinski definition) is 5. The maximum absolute atomic E-state index is 6.27. The molecule has 2 rings (SSSR count). The first kappa shape index (κ1) is 14.4. The minimum Gasteiger partial charge on any atom is -0.416 e. The normalized spacial score (nSPS) is 12.6. The van der Waals surface area contributed by atoms with Gasteiger partial charge in [-0.1, -0.05) is 24.6 Å². The van der Waals surface area contributed by atoms with Crippen molar-refractivity contribution < 1.29 is 4.42 Å². The molecule has 0 saturated carbocycles. The predicted octanol–water partition coefficient (Wildman–Crippen LogP) is 3.46. The molecule has 0 saturated heterocycles. The number of halogens is 1. The smallest absolute Gasteiger partial charge is 0.281 e. The summed E-state index contributed by atoms with van der Waals surface area (Å²) in [5.41, 5.74) is 7.06. The topological polar surface area (TPSA) is 64.9 Å². The quantitative estimate of drug-likeness (QED) is 0.915. The molecule has 1 heterocycles. The average molecular weight is 298 g/mol. The predicted molar refractivity (Wildman–Crippen MR) is 76.6 cm³/mol. The van der Waals surface area contributed by atoms with E-state index in [0.717, 1.165) is 28.3 Å². The summed E-state index contributed by atoms with van der Waals surface area (Å²) in [7, 11) is 0. The van der Waals surface area contributed by atoms with Gasteiger partial charge in [-0.05, 0) is 42.3 Å². The number of rotatable bonds is 5. The van der Waals surface area contributed by atoms with Crippen LogP contribution in [0.4, 0.5) is 0 Å². The summed E-state index contributed by atoms with van der Waals surface area (Å²) in [5, 5.41) is 9.05. The van der Waals surface area contributed by atoms with Crippen molar-refractivity contribution in [1.29, 1.82) is 0 Å². The third-order valence-corrected chi connectivity index (χ3v) is 4.07. The number of aromatic nitrogens is 2. The van der Waals surface area contributed by atoms with E-state index in [1.807, 2.05) is 18.2 Å². The SMILES string of the molecule is CCC(N)Cc1c(Cl)cccc1Sc1nnc(C)o1. The Bertz CT molecular complexity index is 559. The van der Waals surface area contributed by atoms with Gasteiger partial charge in [0.2, 0.25) is 5.89 Å². The van der Waals surface area contributed by atoms with Crippen molar-refractivity contribution in [3.63, 3.8) is 0 Å². The monoisotopic (exact) mass is 297 g/mol. The standard InChI is InChI=1S/C13H16ClN3OS/c1-3-9(15)7-10-11(14)5-4-6-12(10)19-13-17-16-8(2)18-13/h4-6,9H,3,7,15H2,1-2H3. The molecule has 1 aromatic heterocycles. The van der Waals surface area contributed by atoms with Gasteiger partial charge in [0.05, 0.1) is 0 Å². The van der Waals surface area contributed by atoms with Gasteiger partial charge in [-0.25, -0.2) is 0 Å². The Morgan fingerprint density at radius 2 is 2.21 bits per heavy atom. The first-order valence-corrected chi connectivity index (χ1v) is 7.30. The minimum absolute atomic E-state index is 0.101. The van der Waals surface area contributed by atoms with Crippen LogP contribution in [0.3, 0.4) is 0 Å². The number of aryl methyl sites for hydroxylation is 1. The van der Waals surface area contributed by atoms with E-state index >= 15 is 0 Å². The van der Waals surface area contributed by atoms with Gasteiger partial charge < -0.3 is 10.2 Å². The lowest BCUT2D eigenvalue weighted by atomic mass is 10.0. The molecule has 6 heteroatoms. The van der Waals surface area contributed by atoms with E-state index in [0.29, 0.717) is 11.1 Å². The van der Waals surface area contributed by atoms with Crippen LogP contribution in [0.25, 0.3) is 0 Å². The van der Waals surface area contributed by atoms with Crippen LogP contribution in [0.1, 0.15) is 24.8 Å². The molecule has 0 bridgehead atoms. The summed E-state index contributed by atoms with van der Waals surface area (Å²) < 4.78 is 5.38. The van der Waals surface area contributed by atoms with Crippen molar-refractivity contribution in [3.05, 3.63) is 34.7 Å². The maximum Gasteiger partial charge on any atom is 0.281 e. The molecule has 2 aromatic rings. The lowest BCUT2D eigenvalue weighted by molar-refractivity contribution is 0.429. The van der Waals surface area contributed by atoms with E-state index in [1.54, 1.807) is 6.92 Å². The highest BCUT2D eigenvalue weighted by molar-refractivity contribution is 7.99. The van der Waals surface area contributed by atoms with Crippen LogP contribution in [0.5, 0.6) is 0 Å². The molecule has 0 amide bonds. The van der Waals surface area contributed by atoms with E-state index in [2.05, 4.69) is 17.1 Å². The molecular weight excluding hydrogens is 282 g/mol. The Labute approximate surface area is 121 Å². The molecule has 1 aromatic carbocycles. The third kappa shape index (κ3) is 3.72. The molecule has 0 fully saturated rings. The zero-order valence-corrected chi connectivity index (χ0v) is 12.5. The lowest BCUT2D eigenvalue weighted by Gasteiger charge is -2.13. The van der Waals surface area contributed by atoms with E-state index in [-0.39, 0.29) is 6.04 Å². The average Bonchev–Trinajstić information content (AvgIpc) is 2.79. The number of hydrogen-bond donors (Lipinski definition) is 1. The van der Waals surface area contributed by atoms with Gasteiger partial charge in [0.1, 0.15) is 0 Å². The van der Waals surface area contributed by atoms with Gasteiger partial charge in [-0.2, -0.15) is 0 Å². The van der Waals surface area contributed by atoms with Crippen LogP contribution in [-0.2, 0) is 6.42 Å². The Balaban J connectivity index is 2.26. The minimum atomic E-state index is 0.101. The first-order valence-electron chi connectivity index (χ1n) is 6.11. The maximum atomic E-state index is 6.27. The third-order valence-electron chi connectivity index (χ3n) is 2.77. The van der Waals surface area contributed by atoms with Gasteiger partial charge in [0.15, 0.2) is 0 Å². The summed E-state index contributed by atoms with van der Waals surface area (Å²) in [5.74, 6) is 0.552. The van der Waals surface area contributed by atoms with Crippen molar-refractivity contribution in [1.82, 2.24) is 10.2 Å². The second-order valence-corrected chi connectivity index (χ2v) is 5.68. The van der Waals surface area contributed by atoms with Crippen LogP contribution in [-0.4, -0.2) is 16.2 Å². The fourth-order valence-electron chi connectivity index (χ4n) is 1.65. The van der Waals surface area contributed by atoms with Crippen LogP contribution >= 0.6 is 23.4 Å². The van der Waals surface area contributed by atoms with Crippen LogP contribution < -0.4 is 5.73 Å². The summed E-state index contributed by atoms with van der Waals surface area (Å²) in [6, 6.07) is 5.88. The van der Waals surface area contributed by atoms with Crippen molar-refractivity contribution in [2.45, 2.75) is 42.8 Å². The Hall–Kier alpha value is -1.04. The van der Waals surface area contributed by atoms with Crippen molar-refractivity contribution >= 4 is 23.4 Å². The van der Waals surface area contributed by atoms with Crippen LogP contribution in [0.2, 0.25) is 5.02 Å². The number of nitrogens with zero attached hydrogens (tertiary/aromatic N) is 2. The van der Waals surface area contributed by atoms with E-state index in [1.165, 1.54) is 11.8 Å². The molecule has 1 unspecified atom stereocenters. The van der Waals surface area contributed by atoms with Gasteiger partial charge in [-0.3, -0.25) is 0 Å². The second kappa shape index (κ2) is 6.41. The molecule has 2 N–H and O–H groups in total. The molecule has 19 heavy (non-hydrogen) atoms. The van der Waals surface area contributed by atoms with Crippen molar-refractivity contribution in [3.8, 4) is 0 Å². The molecule has 0 aliphatic heterocycles. The largest absolute Gasteiger partial charge is 0.416 e. The fraction of sp³-hybridized carbons (Fsp3) is 0.385. The highest BCUT2D eigenvalue weighted by Crippen LogP contribution is 2.33. The highest BCUT2D eigenvalue weighted by Gasteiger charge is 2.14. The summed E-state index contributed by atoms with van der Waals surface area (Å²) >= 11 is 7.69. The summed E-state index contributed by atoms with van der Waals surface area (Å²) in [6.07, 6.45) is 1.65. The van der Waals surface area contributed by atoms with Crippen LogP contribution in [0, 0.1) is 6.92 Å². The zero-order valence-electron chi connectivity index (χ0n) is 10.9. The van der Waals surface area contributed by atoms with Gasteiger partial charge in [-0.15, -0.1) is 10.2 Å². The van der Waals surface area contributed by atoms with Crippen LogP contribution in [0.15, 0.2) is 32.7 Å². The first-order chi connectivity index (χ1) is 9.10. The molecule has 102 valence electrons. The van der Waals surface area contributed by atoms with E-state index in [4.69, 9.17) is 21.8 Å². The second-order valence-electron chi connectivity index (χ2n) is 4.28. The van der Waals surface area contributed by atoms with Crippen molar-refractivity contribution in [2.24, 2.45) is 5.73 Å². The Morgan fingerprint density at radius 3 is 2.84 bits per heavy atom. The molecule has 0 aliphatic rings. The van der Waals surface area contributed by atoms with Gasteiger partial charge >= 0.3 is 0 Å². The number of nitrogens with two attached hydrogens (primary N) is 1. The Kier molecular flexibility index (Phi) is 4.85. The molecule has 0 aliphatic carbocycles. The Morgan fingerprint density at radius 1 is 1.42 bits per heavy atom. The molecule has 0 spiro atoms. The van der Waals surface area contributed by atoms with Gasteiger partial charge in [0, 0.05) is 22.9 Å². The van der Waals surface area contributed by atoms with E-state index < -0.39 is 0 Å². The highest BCUT2D eigenvalue weighted by atomic mass is 35.5. The molecule has 0 radical (unpaired) electrons. The van der Waals surface area contributed by atoms with Crippen molar-refractivity contribution in [2.75, 3.05) is 0 Å². The number of benzene rings is 1. The zero-order chi connectivity index (χ0) is 13.8.